The van der Waals surface area contributed by atoms with Crippen LogP contribution in [0, 0.1) is 5.82 Å². The van der Waals surface area contributed by atoms with Gasteiger partial charge in [0.25, 0.3) is 0 Å². The van der Waals surface area contributed by atoms with Gasteiger partial charge in [0, 0.05) is 56.0 Å². The number of hydrogen-bond donors (Lipinski definition) is 1. The highest BCUT2D eigenvalue weighted by molar-refractivity contribution is 5.24. The maximum absolute atomic E-state index is 13.9. The largest absolute Gasteiger partial charge is 0.309 e. The highest BCUT2D eigenvalue weighted by atomic mass is 19.1. The molecular weight excluding hydrogens is 326 g/mol. The fraction of sp³-hybridized carbons (Fsp3) is 0.353. The first-order chi connectivity index (χ1) is 12.2. The van der Waals surface area contributed by atoms with Crippen molar-refractivity contribution in [2.45, 2.75) is 19.3 Å². The molecule has 25 heavy (non-hydrogen) atoms. The Morgan fingerprint density at radius 2 is 2.04 bits per heavy atom. The Balaban J connectivity index is 1.44. The van der Waals surface area contributed by atoms with Gasteiger partial charge < -0.3 is 5.01 Å². The van der Waals surface area contributed by atoms with Gasteiger partial charge in [-0.2, -0.15) is 0 Å². The molecule has 2 aromatic heterocycles. The smallest absolute Gasteiger partial charge is 0.159 e. The predicted molar refractivity (Wildman–Crippen MR) is 87.0 cm³/mol. The van der Waals surface area contributed by atoms with Crippen molar-refractivity contribution in [2.24, 2.45) is 0 Å². The Labute approximate surface area is 144 Å². The molecule has 1 saturated heterocycles. The molecule has 1 atom stereocenters. The monoisotopic (exact) mass is 344 g/mol. The van der Waals surface area contributed by atoms with Gasteiger partial charge >= 0.3 is 0 Å². The molecule has 0 aliphatic carbocycles. The lowest BCUT2D eigenvalue weighted by atomic mass is 10.1. The Morgan fingerprint density at radius 1 is 1.20 bits per heavy atom. The molecule has 4 heterocycles. The molecule has 1 fully saturated rings. The van der Waals surface area contributed by atoms with Gasteiger partial charge in [0.05, 0.1) is 11.7 Å². The zero-order valence-electron chi connectivity index (χ0n) is 13.6. The molecule has 0 amide bonds. The van der Waals surface area contributed by atoms with Crippen LogP contribution < -0.4 is 5.43 Å². The van der Waals surface area contributed by atoms with Crippen LogP contribution in [-0.2, 0) is 13.2 Å². The molecule has 0 radical (unpaired) electrons. The minimum Gasteiger partial charge on any atom is -0.309 e. The highest BCUT2D eigenvalue weighted by Crippen LogP contribution is 2.27. The number of nitrogens with zero attached hydrogens (tertiary/aromatic N) is 5. The van der Waals surface area contributed by atoms with Crippen molar-refractivity contribution in [1.29, 1.82) is 0 Å². The van der Waals surface area contributed by atoms with Gasteiger partial charge in [0.2, 0.25) is 0 Å². The molecular formula is C17H18F2N6. The van der Waals surface area contributed by atoms with Crippen LogP contribution in [0.25, 0.3) is 0 Å². The predicted octanol–water partition coefficient (Wildman–Crippen LogP) is 1.74. The van der Waals surface area contributed by atoms with Gasteiger partial charge in [-0.15, -0.1) is 0 Å². The van der Waals surface area contributed by atoms with Crippen molar-refractivity contribution >= 4 is 0 Å². The maximum atomic E-state index is 13.9. The Morgan fingerprint density at radius 3 is 2.80 bits per heavy atom. The molecule has 0 saturated carbocycles. The van der Waals surface area contributed by atoms with E-state index in [1.54, 1.807) is 24.7 Å². The lowest BCUT2D eigenvalue weighted by molar-refractivity contribution is 0.138. The van der Waals surface area contributed by atoms with Crippen molar-refractivity contribution in [1.82, 2.24) is 30.3 Å². The molecule has 1 N–H and O–H groups in total. The summed E-state index contributed by atoms with van der Waals surface area (Å²) >= 11 is 0. The van der Waals surface area contributed by atoms with Crippen molar-refractivity contribution in [3.8, 4) is 0 Å². The molecule has 2 aliphatic rings. The second kappa shape index (κ2) is 6.81. The standard InChI is InChI=1S/C17H18F2N6/c18-7-16-21-8-12(9-22-16)10-24-4-5-25-13(11-24)6-15(23-25)17-14(19)2-1-3-20-17/h1-3,6,8-9,15,23H,4-5,7,10-11H2. The minimum absolute atomic E-state index is 0.205. The first-order valence-corrected chi connectivity index (χ1v) is 8.16. The van der Waals surface area contributed by atoms with Gasteiger partial charge in [-0.05, 0) is 18.2 Å². The van der Waals surface area contributed by atoms with E-state index in [0.717, 1.165) is 30.9 Å². The van der Waals surface area contributed by atoms with E-state index in [9.17, 15) is 8.78 Å². The summed E-state index contributed by atoms with van der Waals surface area (Å²) in [4.78, 5) is 14.4. The zero-order chi connectivity index (χ0) is 17.2. The molecule has 0 spiro atoms. The van der Waals surface area contributed by atoms with E-state index in [1.165, 1.54) is 6.07 Å². The average Bonchev–Trinajstić information content (AvgIpc) is 3.06. The molecule has 4 rings (SSSR count). The van der Waals surface area contributed by atoms with Gasteiger partial charge in [-0.1, -0.05) is 0 Å². The number of pyridine rings is 1. The van der Waals surface area contributed by atoms with E-state index in [1.807, 2.05) is 6.08 Å². The van der Waals surface area contributed by atoms with Crippen LogP contribution in [0.5, 0.6) is 0 Å². The molecule has 6 nitrogen and oxygen atoms in total. The topological polar surface area (TPSA) is 57.2 Å². The van der Waals surface area contributed by atoms with E-state index in [0.29, 0.717) is 12.2 Å². The number of rotatable bonds is 4. The third-order valence-corrected chi connectivity index (χ3v) is 4.39. The number of hydrazine groups is 1. The first kappa shape index (κ1) is 16.0. The fourth-order valence-electron chi connectivity index (χ4n) is 3.16. The van der Waals surface area contributed by atoms with Gasteiger partial charge in [0.15, 0.2) is 5.82 Å². The Kier molecular flexibility index (Phi) is 4.37. The van der Waals surface area contributed by atoms with Gasteiger partial charge in [-0.3, -0.25) is 9.88 Å². The summed E-state index contributed by atoms with van der Waals surface area (Å²) in [5, 5.41) is 2.05. The normalized spacial score (nSPS) is 20.5. The van der Waals surface area contributed by atoms with Crippen LogP contribution >= 0.6 is 0 Å². The molecule has 130 valence electrons. The first-order valence-electron chi connectivity index (χ1n) is 8.16. The third kappa shape index (κ3) is 3.35. The van der Waals surface area contributed by atoms with E-state index >= 15 is 0 Å². The number of halogens is 2. The highest BCUT2D eigenvalue weighted by Gasteiger charge is 2.30. The summed E-state index contributed by atoms with van der Waals surface area (Å²) in [7, 11) is 0. The number of nitrogens with one attached hydrogen (secondary N) is 1. The number of hydrogen-bond acceptors (Lipinski definition) is 6. The van der Waals surface area contributed by atoms with Gasteiger partial charge in [0.1, 0.15) is 12.5 Å². The van der Waals surface area contributed by atoms with Crippen molar-refractivity contribution in [3.63, 3.8) is 0 Å². The third-order valence-electron chi connectivity index (χ3n) is 4.39. The summed E-state index contributed by atoms with van der Waals surface area (Å²) in [5.74, 6) is -0.102. The Bertz CT molecular complexity index is 779. The van der Waals surface area contributed by atoms with Crippen LogP contribution in [0.1, 0.15) is 23.1 Å². The summed E-state index contributed by atoms with van der Waals surface area (Å²) < 4.78 is 26.4. The van der Waals surface area contributed by atoms with E-state index in [-0.39, 0.29) is 17.7 Å². The van der Waals surface area contributed by atoms with E-state index in [4.69, 9.17) is 0 Å². The lowest BCUT2D eigenvalue weighted by Crippen LogP contribution is -2.47. The maximum Gasteiger partial charge on any atom is 0.159 e. The summed E-state index contributed by atoms with van der Waals surface area (Å²) in [6.45, 7) is 2.43. The summed E-state index contributed by atoms with van der Waals surface area (Å²) in [5.41, 5.74) is 5.75. The van der Waals surface area contributed by atoms with E-state index < -0.39 is 6.67 Å². The molecule has 2 aromatic rings. The van der Waals surface area contributed by atoms with Crippen LogP contribution in [0.15, 0.2) is 42.5 Å². The van der Waals surface area contributed by atoms with Crippen LogP contribution in [0.2, 0.25) is 0 Å². The quantitative estimate of drug-likeness (QED) is 0.912. The number of piperazine rings is 1. The lowest BCUT2D eigenvalue weighted by Gasteiger charge is -2.35. The van der Waals surface area contributed by atoms with Crippen LogP contribution in [0.3, 0.4) is 0 Å². The molecule has 1 unspecified atom stereocenters. The fourth-order valence-corrected chi connectivity index (χ4v) is 3.16. The SMILES string of the molecule is FCc1ncc(CN2CCN3NC(c4ncccc4F)C=C3C2)cn1. The van der Waals surface area contributed by atoms with Crippen LogP contribution in [-0.4, -0.2) is 44.5 Å². The second-order valence-corrected chi connectivity index (χ2v) is 6.14. The molecule has 0 bridgehead atoms. The molecule has 8 heteroatoms. The average molecular weight is 344 g/mol. The molecule has 2 aliphatic heterocycles. The second-order valence-electron chi connectivity index (χ2n) is 6.14. The molecule has 0 aromatic carbocycles. The number of alkyl halides is 1. The van der Waals surface area contributed by atoms with E-state index in [2.05, 4.69) is 30.3 Å². The van der Waals surface area contributed by atoms with Crippen LogP contribution in [0.4, 0.5) is 8.78 Å². The number of fused-ring (bicyclic) bond motifs is 1. The summed E-state index contributed by atoms with van der Waals surface area (Å²) in [6.07, 6.45) is 6.95. The number of aromatic nitrogens is 3. The van der Waals surface area contributed by atoms with Crippen molar-refractivity contribution in [2.75, 3.05) is 19.6 Å². The minimum atomic E-state index is -0.650. The Hall–Kier alpha value is -2.45. The zero-order valence-corrected chi connectivity index (χ0v) is 13.6. The summed E-state index contributed by atoms with van der Waals surface area (Å²) in [6, 6.07) is 2.77. The van der Waals surface area contributed by atoms with Gasteiger partial charge in [-0.25, -0.2) is 24.2 Å². The van der Waals surface area contributed by atoms with Crippen molar-refractivity contribution < 1.29 is 8.78 Å². The van der Waals surface area contributed by atoms with Crippen molar-refractivity contribution in [3.05, 3.63) is 65.4 Å².